The van der Waals surface area contributed by atoms with Gasteiger partial charge in [0, 0.05) is 41.5 Å². The Bertz CT molecular complexity index is 933. The first-order valence-corrected chi connectivity index (χ1v) is 7.33. The zero-order chi connectivity index (χ0) is 18.0. The van der Waals surface area contributed by atoms with Crippen molar-refractivity contribution >= 4 is 0 Å². The van der Waals surface area contributed by atoms with E-state index in [0.717, 1.165) is 16.7 Å². The summed E-state index contributed by atoms with van der Waals surface area (Å²) < 4.78 is 41.9. The van der Waals surface area contributed by atoms with Gasteiger partial charge in [0.2, 0.25) is 0 Å². The molecule has 7 heteroatoms. The quantitative estimate of drug-likeness (QED) is 0.717. The molecule has 0 aliphatic carbocycles. The largest absolute Gasteiger partial charge is 0.573 e. The van der Waals surface area contributed by atoms with Crippen LogP contribution in [0.2, 0.25) is 0 Å². The average molecular weight is 346 g/mol. The summed E-state index contributed by atoms with van der Waals surface area (Å²) in [6, 6.07) is 10.2. The van der Waals surface area contributed by atoms with E-state index in [2.05, 4.69) is 9.72 Å². The number of hydrogen-bond donors (Lipinski definition) is 0. The summed E-state index contributed by atoms with van der Waals surface area (Å²) >= 11 is 0. The molecule has 0 aliphatic rings. The molecular weight excluding hydrogens is 333 g/mol. The number of alkyl halides is 3. The van der Waals surface area contributed by atoms with Gasteiger partial charge in [-0.25, -0.2) is 0 Å². The van der Waals surface area contributed by atoms with Crippen molar-refractivity contribution in [2.24, 2.45) is 0 Å². The third-order valence-corrected chi connectivity index (χ3v) is 3.58. The summed E-state index contributed by atoms with van der Waals surface area (Å²) in [7, 11) is 0. The molecule has 0 fully saturated rings. The molecule has 0 bridgehead atoms. The van der Waals surface area contributed by atoms with Gasteiger partial charge in [-0.05, 0) is 42.8 Å². The van der Waals surface area contributed by atoms with E-state index in [1.807, 2.05) is 13.0 Å². The Labute approximate surface area is 141 Å². The molecule has 3 aromatic rings. The molecule has 0 N–H and O–H groups in total. The van der Waals surface area contributed by atoms with Gasteiger partial charge in [-0.3, -0.25) is 14.3 Å². The predicted molar refractivity (Wildman–Crippen MR) is 86.7 cm³/mol. The lowest BCUT2D eigenvalue weighted by Crippen LogP contribution is -2.19. The monoisotopic (exact) mass is 346 g/mol. The molecule has 2 heterocycles. The highest BCUT2D eigenvalue weighted by atomic mass is 19.4. The van der Waals surface area contributed by atoms with Crippen LogP contribution in [0, 0.1) is 6.92 Å². The molecule has 128 valence electrons. The summed E-state index contributed by atoms with van der Waals surface area (Å²) in [6.45, 7) is 1.81. The van der Waals surface area contributed by atoms with E-state index in [4.69, 9.17) is 0 Å². The first-order chi connectivity index (χ1) is 11.8. The molecule has 3 rings (SSSR count). The van der Waals surface area contributed by atoms with Crippen molar-refractivity contribution in [2.45, 2.75) is 13.3 Å². The topological polar surface area (TPSA) is 44.1 Å². The fourth-order valence-electron chi connectivity index (χ4n) is 2.46. The lowest BCUT2D eigenvalue weighted by atomic mass is 10.0. The van der Waals surface area contributed by atoms with Gasteiger partial charge >= 0.3 is 6.36 Å². The first kappa shape index (κ1) is 16.8. The summed E-state index contributed by atoms with van der Waals surface area (Å²) in [5.41, 5.74) is 2.58. The van der Waals surface area contributed by atoms with Crippen LogP contribution in [-0.4, -0.2) is 15.9 Å². The number of halogens is 3. The lowest BCUT2D eigenvalue weighted by Gasteiger charge is -2.13. The Kier molecular flexibility index (Phi) is 4.31. The van der Waals surface area contributed by atoms with Crippen molar-refractivity contribution in [3.63, 3.8) is 0 Å². The van der Waals surface area contributed by atoms with E-state index in [1.54, 1.807) is 24.7 Å². The molecule has 0 saturated heterocycles. The molecule has 0 saturated carbocycles. The molecule has 2 aromatic heterocycles. The summed E-state index contributed by atoms with van der Waals surface area (Å²) in [4.78, 5) is 16.3. The van der Waals surface area contributed by atoms with Gasteiger partial charge in [0.25, 0.3) is 5.56 Å². The molecule has 0 spiro atoms. The Morgan fingerprint density at radius 2 is 1.84 bits per heavy atom. The number of hydrogen-bond acceptors (Lipinski definition) is 3. The summed E-state index contributed by atoms with van der Waals surface area (Å²) in [6.07, 6.45) is 0.218. The van der Waals surface area contributed by atoms with Gasteiger partial charge in [0.15, 0.2) is 0 Å². The van der Waals surface area contributed by atoms with Crippen LogP contribution in [0.5, 0.6) is 5.75 Å². The molecule has 0 unspecified atom stereocenters. The smallest absolute Gasteiger partial charge is 0.406 e. The van der Waals surface area contributed by atoms with Gasteiger partial charge in [-0.1, -0.05) is 6.07 Å². The molecule has 0 atom stereocenters. The van der Waals surface area contributed by atoms with Crippen LogP contribution < -0.4 is 10.3 Å². The van der Waals surface area contributed by atoms with Crippen molar-refractivity contribution in [1.29, 1.82) is 0 Å². The fourth-order valence-corrected chi connectivity index (χ4v) is 2.46. The van der Waals surface area contributed by atoms with Gasteiger partial charge in [0.1, 0.15) is 5.75 Å². The maximum atomic E-state index is 12.3. The predicted octanol–water partition coefficient (Wildman–Crippen LogP) is 4.11. The van der Waals surface area contributed by atoms with Crippen LogP contribution in [0.1, 0.15) is 5.56 Å². The van der Waals surface area contributed by atoms with Crippen molar-refractivity contribution in [2.75, 3.05) is 0 Å². The van der Waals surface area contributed by atoms with Crippen molar-refractivity contribution in [3.8, 4) is 22.6 Å². The minimum Gasteiger partial charge on any atom is -0.406 e. The zero-order valence-corrected chi connectivity index (χ0v) is 13.1. The molecule has 0 radical (unpaired) electrons. The van der Waals surface area contributed by atoms with Crippen molar-refractivity contribution in [1.82, 2.24) is 9.55 Å². The Morgan fingerprint density at radius 3 is 2.44 bits per heavy atom. The molecule has 1 aromatic carbocycles. The standard InChI is InChI=1S/C18H13F3N2O2/c1-12-9-17(24)23(11-16(12)13-3-2-8-22-10-13)14-4-6-15(7-5-14)25-18(19,20)21/h2-11H,1H3. The van der Waals surface area contributed by atoms with Crippen molar-refractivity contribution < 1.29 is 17.9 Å². The van der Waals surface area contributed by atoms with E-state index >= 15 is 0 Å². The molecular formula is C18H13F3N2O2. The average Bonchev–Trinajstić information content (AvgIpc) is 2.55. The molecule has 25 heavy (non-hydrogen) atoms. The number of aromatic nitrogens is 2. The van der Waals surface area contributed by atoms with Gasteiger partial charge in [0.05, 0.1) is 0 Å². The molecule has 4 nitrogen and oxygen atoms in total. The van der Waals surface area contributed by atoms with E-state index in [-0.39, 0.29) is 11.3 Å². The van der Waals surface area contributed by atoms with E-state index in [0.29, 0.717) is 5.69 Å². The highest BCUT2D eigenvalue weighted by molar-refractivity contribution is 5.65. The molecule has 0 aliphatic heterocycles. The first-order valence-electron chi connectivity index (χ1n) is 7.33. The van der Waals surface area contributed by atoms with Crippen LogP contribution in [0.15, 0.2) is 65.8 Å². The third-order valence-electron chi connectivity index (χ3n) is 3.58. The van der Waals surface area contributed by atoms with Gasteiger partial charge in [-0.15, -0.1) is 13.2 Å². The number of benzene rings is 1. The minimum absolute atomic E-state index is 0.283. The summed E-state index contributed by atoms with van der Waals surface area (Å²) in [5, 5.41) is 0. The molecule has 0 amide bonds. The highest BCUT2D eigenvalue weighted by Gasteiger charge is 2.30. The van der Waals surface area contributed by atoms with Crippen LogP contribution in [0.4, 0.5) is 13.2 Å². The van der Waals surface area contributed by atoms with Crippen molar-refractivity contribution in [3.05, 3.63) is 77.0 Å². The number of ether oxygens (including phenoxy) is 1. The summed E-state index contributed by atoms with van der Waals surface area (Å²) in [5.74, 6) is -0.344. The van der Waals surface area contributed by atoms with E-state index in [9.17, 15) is 18.0 Å². The lowest BCUT2D eigenvalue weighted by molar-refractivity contribution is -0.274. The minimum atomic E-state index is -4.75. The van der Waals surface area contributed by atoms with E-state index < -0.39 is 6.36 Å². The third kappa shape index (κ3) is 3.88. The SMILES string of the molecule is Cc1cc(=O)n(-c2ccc(OC(F)(F)F)cc2)cc1-c1cccnc1. The number of nitrogens with zero attached hydrogens (tertiary/aromatic N) is 2. The van der Waals surface area contributed by atoms with Gasteiger partial charge in [-0.2, -0.15) is 0 Å². The number of aryl methyl sites for hydroxylation is 1. The number of rotatable bonds is 3. The second-order valence-electron chi connectivity index (χ2n) is 5.36. The Morgan fingerprint density at radius 1 is 1.12 bits per heavy atom. The maximum absolute atomic E-state index is 12.3. The number of pyridine rings is 2. The maximum Gasteiger partial charge on any atom is 0.573 e. The second kappa shape index (κ2) is 6.43. The van der Waals surface area contributed by atoms with Gasteiger partial charge < -0.3 is 4.74 Å². The Balaban J connectivity index is 2.01. The second-order valence-corrected chi connectivity index (χ2v) is 5.36. The Hall–Kier alpha value is -3.09. The fraction of sp³-hybridized carbons (Fsp3) is 0.111. The highest BCUT2D eigenvalue weighted by Crippen LogP contribution is 2.25. The van der Waals surface area contributed by atoms with Crippen LogP contribution in [-0.2, 0) is 0 Å². The zero-order valence-electron chi connectivity index (χ0n) is 13.1. The normalized spacial score (nSPS) is 11.4. The van der Waals surface area contributed by atoms with E-state index in [1.165, 1.54) is 34.9 Å². The van der Waals surface area contributed by atoms with Crippen LogP contribution in [0.25, 0.3) is 16.8 Å². The van der Waals surface area contributed by atoms with Crippen LogP contribution in [0.3, 0.4) is 0 Å². The van der Waals surface area contributed by atoms with Crippen LogP contribution >= 0.6 is 0 Å².